The zero-order valence-corrected chi connectivity index (χ0v) is 8.08. The summed E-state index contributed by atoms with van der Waals surface area (Å²) >= 11 is 0. The van der Waals surface area contributed by atoms with Crippen LogP contribution in [0.5, 0.6) is 5.75 Å². The molecular weight excluding hydrogens is 223 g/mol. The van der Waals surface area contributed by atoms with Gasteiger partial charge < -0.3 is 9.84 Å². The Kier molecular flexibility index (Phi) is 3.74. The third-order valence-electron chi connectivity index (χ3n) is 1.79. The Hall–Kier alpha value is -1.74. The molecule has 0 aliphatic rings. The number of alkyl halides is 3. The minimum Gasteiger partial charge on any atom is -0.404 e. The molecule has 0 fully saturated rings. The number of benzene rings is 1. The van der Waals surface area contributed by atoms with E-state index >= 15 is 0 Å². The van der Waals surface area contributed by atoms with Gasteiger partial charge in [-0.25, -0.2) is 0 Å². The maximum Gasteiger partial charge on any atom is 0.573 e. The summed E-state index contributed by atoms with van der Waals surface area (Å²) in [7, 11) is 0. The van der Waals surface area contributed by atoms with Gasteiger partial charge in [0, 0.05) is 6.61 Å². The van der Waals surface area contributed by atoms with E-state index in [0.717, 1.165) is 6.07 Å². The van der Waals surface area contributed by atoms with E-state index in [9.17, 15) is 13.2 Å². The molecule has 0 bridgehead atoms. The number of halogens is 3. The van der Waals surface area contributed by atoms with Gasteiger partial charge in [-0.2, -0.15) is 5.26 Å². The Balaban J connectivity index is 3.03. The number of nitriles is 1. The summed E-state index contributed by atoms with van der Waals surface area (Å²) < 4.78 is 39.7. The van der Waals surface area contributed by atoms with Gasteiger partial charge in [-0.3, -0.25) is 0 Å². The van der Waals surface area contributed by atoms with E-state index in [-0.39, 0.29) is 18.6 Å². The lowest BCUT2D eigenvalue weighted by Crippen LogP contribution is -2.18. The Morgan fingerprint density at radius 3 is 2.56 bits per heavy atom. The molecule has 0 atom stereocenters. The van der Waals surface area contributed by atoms with Crippen LogP contribution in [0.1, 0.15) is 11.1 Å². The van der Waals surface area contributed by atoms with Gasteiger partial charge in [0.1, 0.15) is 11.8 Å². The molecule has 1 rings (SSSR count). The van der Waals surface area contributed by atoms with E-state index in [4.69, 9.17) is 10.4 Å². The zero-order valence-electron chi connectivity index (χ0n) is 8.08. The van der Waals surface area contributed by atoms with Crippen LogP contribution in [-0.2, 0) is 6.42 Å². The van der Waals surface area contributed by atoms with Crippen molar-refractivity contribution < 1.29 is 23.0 Å². The molecule has 0 saturated heterocycles. The van der Waals surface area contributed by atoms with Crippen molar-refractivity contribution in [1.29, 1.82) is 5.26 Å². The van der Waals surface area contributed by atoms with Crippen molar-refractivity contribution in [1.82, 2.24) is 0 Å². The molecule has 1 aromatic carbocycles. The van der Waals surface area contributed by atoms with Crippen LogP contribution < -0.4 is 4.74 Å². The second-order valence-corrected chi connectivity index (χ2v) is 2.96. The smallest absolute Gasteiger partial charge is 0.404 e. The minimum atomic E-state index is -4.83. The maximum absolute atomic E-state index is 12.0. The van der Waals surface area contributed by atoms with E-state index in [1.54, 1.807) is 6.07 Å². The fraction of sp³-hybridized carbons (Fsp3) is 0.300. The summed E-state index contributed by atoms with van der Waals surface area (Å²) in [5.41, 5.74) is 0.278. The molecule has 3 nitrogen and oxygen atoms in total. The highest BCUT2D eigenvalue weighted by molar-refractivity contribution is 5.45. The molecule has 0 aliphatic carbocycles. The van der Waals surface area contributed by atoms with Crippen LogP contribution in [0.4, 0.5) is 13.2 Å². The van der Waals surface area contributed by atoms with Crippen molar-refractivity contribution in [3.63, 3.8) is 0 Å². The zero-order chi connectivity index (χ0) is 12.2. The minimum absolute atomic E-state index is 0.183. The van der Waals surface area contributed by atoms with E-state index in [1.165, 1.54) is 12.1 Å². The highest BCUT2D eigenvalue weighted by Crippen LogP contribution is 2.27. The molecule has 1 aromatic rings. The van der Waals surface area contributed by atoms with Gasteiger partial charge in [0.15, 0.2) is 0 Å². The van der Waals surface area contributed by atoms with Gasteiger partial charge >= 0.3 is 6.36 Å². The van der Waals surface area contributed by atoms with E-state index in [1.807, 2.05) is 0 Å². The van der Waals surface area contributed by atoms with Crippen molar-refractivity contribution in [3.05, 3.63) is 29.3 Å². The van der Waals surface area contributed by atoms with Crippen LogP contribution in [0.3, 0.4) is 0 Å². The first-order chi connectivity index (χ1) is 7.46. The summed E-state index contributed by atoms with van der Waals surface area (Å²) in [6.45, 7) is -0.183. The van der Waals surface area contributed by atoms with Gasteiger partial charge in [0.05, 0.1) is 5.56 Å². The number of hydrogen-bond donors (Lipinski definition) is 1. The fourth-order valence-electron chi connectivity index (χ4n) is 1.15. The number of rotatable bonds is 3. The molecule has 0 aromatic heterocycles. The molecule has 0 saturated carbocycles. The van der Waals surface area contributed by atoms with Crippen LogP contribution in [0.15, 0.2) is 18.2 Å². The number of aliphatic hydroxyl groups is 1. The first kappa shape index (κ1) is 12.3. The number of nitrogens with zero attached hydrogens (tertiary/aromatic N) is 1. The van der Waals surface area contributed by atoms with Crippen LogP contribution in [-0.4, -0.2) is 18.1 Å². The van der Waals surface area contributed by atoms with Crippen LogP contribution in [0.2, 0.25) is 0 Å². The second kappa shape index (κ2) is 4.86. The molecule has 1 N–H and O–H groups in total. The van der Waals surface area contributed by atoms with Crippen LogP contribution in [0, 0.1) is 11.3 Å². The van der Waals surface area contributed by atoms with Crippen molar-refractivity contribution in [3.8, 4) is 11.8 Å². The molecule has 16 heavy (non-hydrogen) atoms. The summed E-state index contributed by atoms with van der Waals surface area (Å²) in [4.78, 5) is 0. The lowest BCUT2D eigenvalue weighted by molar-refractivity contribution is -0.274. The predicted octanol–water partition coefficient (Wildman–Crippen LogP) is 1.99. The molecule has 0 radical (unpaired) electrons. The lowest BCUT2D eigenvalue weighted by Gasteiger charge is -2.11. The summed E-state index contributed by atoms with van der Waals surface area (Å²) in [6, 6.07) is 5.40. The second-order valence-electron chi connectivity index (χ2n) is 2.96. The third-order valence-corrected chi connectivity index (χ3v) is 1.79. The van der Waals surface area contributed by atoms with Crippen molar-refractivity contribution in [2.24, 2.45) is 0 Å². The standard InChI is InChI=1S/C10H8F3NO2/c11-10(12,13)16-9-5-7(3-4-15)1-2-8(9)6-14/h1-2,5,15H,3-4H2. The molecule has 6 heteroatoms. The first-order valence-corrected chi connectivity index (χ1v) is 4.36. The molecule has 0 aliphatic heterocycles. The van der Waals surface area contributed by atoms with E-state index in [0.29, 0.717) is 5.56 Å². The maximum atomic E-state index is 12.0. The quantitative estimate of drug-likeness (QED) is 0.865. The average Bonchev–Trinajstić information content (AvgIpc) is 2.16. The van der Waals surface area contributed by atoms with E-state index in [2.05, 4.69) is 4.74 Å². The van der Waals surface area contributed by atoms with Crippen LogP contribution >= 0.6 is 0 Å². The number of aliphatic hydroxyl groups excluding tert-OH is 1. The largest absolute Gasteiger partial charge is 0.573 e. The Labute approximate surface area is 89.7 Å². The molecule has 0 amide bonds. The SMILES string of the molecule is N#Cc1ccc(CCO)cc1OC(F)(F)F. The highest BCUT2D eigenvalue weighted by atomic mass is 19.4. The van der Waals surface area contributed by atoms with Crippen molar-refractivity contribution in [2.45, 2.75) is 12.8 Å². The Morgan fingerprint density at radius 1 is 1.38 bits per heavy atom. The third kappa shape index (κ3) is 3.44. The number of hydrogen-bond acceptors (Lipinski definition) is 3. The molecule has 0 spiro atoms. The predicted molar refractivity (Wildman–Crippen MR) is 48.6 cm³/mol. The topological polar surface area (TPSA) is 53.2 Å². The van der Waals surface area contributed by atoms with Gasteiger partial charge in [-0.15, -0.1) is 13.2 Å². The lowest BCUT2D eigenvalue weighted by atomic mass is 10.1. The number of ether oxygens (including phenoxy) is 1. The van der Waals surface area contributed by atoms with Gasteiger partial charge in [0.2, 0.25) is 0 Å². The Bertz CT molecular complexity index is 410. The Morgan fingerprint density at radius 2 is 2.06 bits per heavy atom. The summed E-state index contributed by atoms with van der Waals surface area (Å²) in [5.74, 6) is -0.541. The van der Waals surface area contributed by atoms with Gasteiger partial charge in [0.25, 0.3) is 0 Å². The fourth-order valence-corrected chi connectivity index (χ4v) is 1.15. The average molecular weight is 231 g/mol. The van der Waals surface area contributed by atoms with Crippen molar-refractivity contribution in [2.75, 3.05) is 6.61 Å². The molecular formula is C10H8F3NO2. The summed E-state index contributed by atoms with van der Waals surface area (Å²) in [6.07, 6.45) is -4.62. The molecule has 0 heterocycles. The first-order valence-electron chi connectivity index (χ1n) is 4.36. The molecule has 0 unspecified atom stereocenters. The normalized spacial score (nSPS) is 10.9. The van der Waals surface area contributed by atoms with E-state index < -0.39 is 12.1 Å². The molecule has 86 valence electrons. The highest BCUT2D eigenvalue weighted by Gasteiger charge is 2.32. The van der Waals surface area contributed by atoms with Crippen molar-refractivity contribution >= 4 is 0 Å². The van der Waals surface area contributed by atoms with Gasteiger partial charge in [-0.1, -0.05) is 6.07 Å². The summed E-state index contributed by atoms with van der Waals surface area (Å²) in [5, 5.41) is 17.2. The van der Waals surface area contributed by atoms with Gasteiger partial charge in [-0.05, 0) is 24.1 Å². The van der Waals surface area contributed by atoms with Crippen LogP contribution in [0.25, 0.3) is 0 Å². The monoisotopic (exact) mass is 231 g/mol.